The van der Waals surface area contributed by atoms with Crippen LogP contribution in [0.25, 0.3) is 0 Å². The summed E-state index contributed by atoms with van der Waals surface area (Å²) in [6, 6.07) is 14.9. The van der Waals surface area contributed by atoms with E-state index >= 15 is 0 Å². The molecule has 0 bridgehead atoms. The Balaban J connectivity index is 1.49. The van der Waals surface area contributed by atoms with Crippen LogP contribution in [0.15, 0.2) is 66.3 Å². The fraction of sp³-hybridized carbons (Fsp3) is 0.227. The Morgan fingerprint density at radius 2 is 1.69 bits per heavy atom. The van der Waals surface area contributed by atoms with E-state index in [0.29, 0.717) is 29.2 Å². The van der Waals surface area contributed by atoms with Crippen LogP contribution in [0.3, 0.4) is 0 Å². The Bertz CT molecular complexity index is 983. The molecule has 2 amide bonds. The number of rotatable bonds is 4. The number of pyridine rings is 1. The van der Waals surface area contributed by atoms with Crippen LogP contribution in [0.2, 0.25) is 0 Å². The quantitative estimate of drug-likeness (QED) is 0.667. The molecule has 0 saturated carbocycles. The molecule has 7 heteroatoms. The van der Waals surface area contributed by atoms with Crippen molar-refractivity contribution in [2.24, 2.45) is 0 Å². The van der Waals surface area contributed by atoms with Crippen LogP contribution in [0.5, 0.6) is 0 Å². The first-order valence-electron chi connectivity index (χ1n) is 9.50. The smallest absolute Gasteiger partial charge is 0.268 e. The number of carbonyl (C=O) groups is 2. The molecule has 0 atom stereocenters. The molecule has 3 aromatic rings. The van der Waals surface area contributed by atoms with E-state index in [1.165, 1.54) is 11.3 Å². The summed E-state index contributed by atoms with van der Waals surface area (Å²) in [6.45, 7) is 2.81. The monoisotopic (exact) mass is 406 g/mol. The Labute approximate surface area is 174 Å². The second-order valence-electron chi connectivity index (χ2n) is 6.84. The molecule has 1 aliphatic heterocycles. The molecule has 4 rings (SSSR count). The van der Waals surface area contributed by atoms with E-state index in [9.17, 15) is 9.59 Å². The van der Waals surface area contributed by atoms with Gasteiger partial charge < -0.3 is 14.7 Å². The standard InChI is InChI=1S/C22H22N4O2S/c1-24(22(28)20-7-4-16-29-20)19-6-3-2-5-18(19)21(27)26-14-12-25(13-15-26)17-8-10-23-11-9-17/h2-11,16H,12-15H2,1H3. The number of aromatic nitrogens is 1. The number of benzene rings is 1. The van der Waals surface area contributed by atoms with Gasteiger partial charge in [-0.25, -0.2) is 0 Å². The van der Waals surface area contributed by atoms with Crippen LogP contribution in [0.4, 0.5) is 11.4 Å². The molecule has 6 nitrogen and oxygen atoms in total. The Kier molecular flexibility index (Phi) is 5.57. The van der Waals surface area contributed by atoms with Gasteiger partial charge in [-0.15, -0.1) is 11.3 Å². The fourth-order valence-corrected chi connectivity index (χ4v) is 4.21. The molecule has 0 radical (unpaired) electrons. The highest BCUT2D eigenvalue weighted by molar-refractivity contribution is 7.12. The summed E-state index contributed by atoms with van der Waals surface area (Å²) >= 11 is 1.40. The van der Waals surface area contributed by atoms with E-state index < -0.39 is 0 Å². The van der Waals surface area contributed by atoms with Gasteiger partial charge in [0.15, 0.2) is 0 Å². The number of amides is 2. The zero-order valence-electron chi connectivity index (χ0n) is 16.2. The molecule has 3 heterocycles. The molecule has 0 aliphatic carbocycles. The predicted molar refractivity (Wildman–Crippen MR) is 116 cm³/mol. The Hall–Kier alpha value is -3.19. The van der Waals surface area contributed by atoms with Gasteiger partial charge in [-0.1, -0.05) is 18.2 Å². The molecule has 1 aliphatic rings. The summed E-state index contributed by atoms with van der Waals surface area (Å²) in [6.07, 6.45) is 3.56. The number of hydrogen-bond donors (Lipinski definition) is 0. The number of piperazine rings is 1. The van der Waals surface area contributed by atoms with Crippen molar-refractivity contribution in [3.05, 3.63) is 76.7 Å². The third-order valence-corrected chi connectivity index (χ3v) is 5.99. The van der Waals surface area contributed by atoms with Gasteiger partial charge in [0.2, 0.25) is 0 Å². The lowest BCUT2D eigenvalue weighted by atomic mass is 10.1. The highest BCUT2D eigenvalue weighted by Crippen LogP contribution is 2.25. The van der Waals surface area contributed by atoms with E-state index in [-0.39, 0.29) is 11.8 Å². The lowest BCUT2D eigenvalue weighted by Crippen LogP contribution is -2.49. The largest absolute Gasteiger partial charge is 0.368 e. The normalized spacial score (nSPS) is 14.0. The van der Waals surface area contributed by atoms with Crippen LogP contribution in [-0.4, -0.2) is 54.9 Å². The van der Waals surface area contributed by atoms with Crippen molar-refractivity contribution in [3.8, 4) is 0 Å². The maximum atomic E-state index is 13.2. The molecule has 148 valence electrons. The van der Waals surface area contributed by atoms with E-state index in [1.54, 1.807) is 36.5 Å². The number of hydrogen-bond acceptors (Lipinski definition) is 5. The van der Waals surface area contributed by atoms with E-state index in [0.717, 1.165) is 18.8 Å². The van der Waals surface area contributed by atoms with Gasteiger partial charge in [0, 0.05) is 51.3 Å². The first-order valence-corrected chi connectivity index (χ1v) is 10.4. The minimum absolute atomic E-state index is 0.0409. The second-order valence-corrected chi connectivity index (χ2v) is 7.79. The summed E-state index contributed by atoms with van der Waals surface area (Å²) < 4.78 is 0. The SMILES string of the molecule is CN(C(=O)c1cccs1)c1ccccc1C(=O)N1CCN(c2ccncc2)CC1. The molecule has 1 saturated heterocycles. The first kappa shape index (κ1) is 19.1. The minimum Gasteiger partial charge on any atom is -0.368 e. The molecule has 0 N–H and O–H groups in total. The van der Waals surface area contributed by atoms with E-state index in [1.807, 2.05) is 46.7 Å². The van der Waals surface area contributed by atoms with Gasteiger partial charge >= 0.3 is 0 Å². The van der Waals surface area contributed by atoms with Crippen molar-refractivity contribution in [2.45, 2.75) is 0 Å². The molecule has 0 spiro atoms. The van der Waals surface area contributed by atoms with Crippen molar-refractivity contribution in [2.75, 3.05) is 43.0 Å². The van der Waals surface area contributed by atoms with Gasteiger partial charge in [0.1, 0.15) is 0 Å². The van der Waals surface area contributed by atoms with Crippen molar-refractivity contribution in [1.29, 1.82) is 0 Å². The summed E-state index contributed by atoms with van der Waals surface area (Å²) in [4.78, 5) is 36.4. The predicted octanol–water partition coefficient (Wildman–Crippen LogP) is 3.38. The number of para-hydroxylation sites is 1. The summed E-state index contributed by atoms with van der Waals surface area (Å²) in [7, 11) is 1.72. The van der Waals surface area contributed by atoms with Gasteiger partial charge in [0.05, 0.1) is 16.1 Å². The van der Waals surface area contributed by atoms with Crippen LogP contribution in [0.1, 0.15) is 20.0 Å². The van der Waals surface area contributed by atoms with Gasteiger partial charge in [-0.3, -0.25) is 14.6 Å². The highest BCUT2D eigenvalue weighted by Gasteiger charge is 2.26. The molecule has 2 aromatic heterocycles. The van der Waals surface area contributed by atoms with Crippen LogP contribution in [0, 0.1) is 0 Å². The first-order chi connectivity index (χ1) is 14.1. The topological polar surface area (TPSA) is 56.8 Å². The zero-order valence-corrected chi connectivity index (χ0v) is 17.0. The van der Waals surface area contributed by atoms with E-state index in [4.69, 9.17) is 0 Å². The molecule has 0 unspecified atom stereocenters. The number of thiophene rings is 1. The average molecular weight is 407 g/mol. The summed E-state index contributed by atoms with van der Waals surface area (Å²) in [5, 5.41) is 1.88. The van der Waals surface area contributed by atoms with Crippen molar-refractivity contribution >= 4 is 34.5 Å². The third-order valence-electron chi connectivity index (χ3n) is 5.13. The van der Waals surface area contributed by atoms with Crippen LogP contribution >= 0.6 is 11.3 Å². The van der Waals surface area contributed by atoms with Gasteiger partial charge in [-0.05, 0) is 35.7 Å². The number of nitrogens with zero attached hydrogens (tertiary/aromatic N) is 4. The molecular formula is C22H22N4O2S. The van der Waals surface area contributed by atoms with Crippen molar-refractivity contribution in [1.82, 2.24) is 9.88 Å². The zero-order chi connectivity index (χ0) is 20.2. The maximum absolute atomic E-state index is 13.2. The molecular weight excluding hydrogens is 384 g/mol. The summed E-state index contributed by atoms with van der Waals surface area (Å²) in [5.41, 5.74) is 2.30. The summed E-state index contributed by atoms with van der Waals surface area (Å²) in [5.74, 6) is -0.149. The fourth-order valence-electron chi connectivity index (χ4n) is 3.51. The molecule has 29 heavy (non-hydrogen) atoms. The molecule has 1 aromatic carbocycles. The molecule has 1 fully saturated rings. The second kappa shape index (κ2) is 8.45. The van der Waals surface area contributed by atoms with Crippen LogP contribution in [-0.2, 0) is 0 Å². The number of anilines is 2. The number of carbonyl (C=O) groups excluding carboxylic acids is 2. The Morgan fingerprint density at radius 1 is 0.966 bits per heavy atom. The maximum Gasteiger partial charge on any atom is 0.268 e. The van der Waals surface area contributed by atoms with E-state index in [2.05, 4.69) is 9.88 Å². The average Bonchev–Trinajstić information content (AvgIpc) is 3.33. The van der Waals surface area contributed by atoms with Gasteiger partial charge in [-0.2, -0.15) is 0 Å². The van der Waals surface area contributed by atoms with Crippen molar-refractivity contribution in [3.63, 3.8) is 0 Å². The minimum atomic E-state index is -0.109. The lowest BCUT2D eigenvalue weighted by Gasteiger charge is -2.36. The third kappa shape index (κ3) is 4.00. The highest BCUT2D eigenvalue weighted by atomic mass is 32.1. The Morgan fingerprint density at radius 3 is 2.38 bits per heavy atom. The van der Waals surface area contributed by atoms with Gasteiger partial charge in [0.25, 0.3) is 11.8 Å². The van der Waals surface area contributed by atoms with Crippen molar-refractivity contribution < 1.29 is 9.59 Å². The van der Waals surface area contributed by atoms with Crippen LogP contribution < -0.4 is 9.80 Å². The lowest BCUT2D eigenvalue weighted by molar-refractivity contribution is 0.0747.